The third kappa shape index (κ3) is 2.63. The van der Waals surface area contributed by atoms with E-state index in [2.05, 4.69) is 12.0 Å². The topological polar surface area (TPSA) is 9.23 Å². The largest absolute Gasteiger partial charge is 0.447 e. The summed E-state index contributed by atoms with van der Waals surface area (Å²) >= 11 is 0. The maximum Gasteiger partial charge on any atom is 0.123 e. The Kier molecular flexibility index (Phi) is 3.16. The van der Waals surface area contributed by atoms with Gasteiger partial charge in [0.15, 0.2) is 0 Å². The molecule has 2 heteroatoms. The van der Waals surface area contributed by atoms with Crippen LogP contribution in [0, 0.1) is 17.8 Å². The van der Waals surface area contributed by atoms with E-state index in [1.807, 2.05) is 6.92 Å². The summed E-state index contributed by atoms with van der Waals surface area (Å²) in [5.74, 6) is 2.48. The minimum Gasteiger partial charge on any atom is -0.447 e. The minimum absolute atomic E-state index is 0.253. The van der Waals surface area contributed by atoms with Gasteiger partial charge in [-0.25, -0.2) is 4.39 Å². The molecule has 0 heterocycles. The molecule has 0 saturated heterocycles. The van der Waals surface area contributed by atoms with Gasteiger partial charge in [-0.2, -0.15) is 0 Å². The molecule has 0 unspecified atom stereocenters. The standard InChI is InChI=1S/C10H9FO/c1-2-12-8-7-9-3-5-10(11)6-4-9/h3-6H,2H2,1H3. The molecule has 0 aliphatic heterocycles. The fourth-order valence-electron chi connectivity index (χ4n) is 0.700. The first-order chi connectivity index (χ1) is 5.83. The number of halogens is 1. The Morgan fingerprint density at radius 2 is 2.00 bits per heavy atom. The van der Waals surface area contributed by atoms with E-state index in [0.717, 1.165) is 5.56 Å². The third-order valence-corrected chi connectivity index (χ3v) is 1.26. The Morgan fingerprint density at radius 3 is 2.58 bits per heavy atom. The van der Waals surface area contributed by atoms with Crippen LogP contribution in [-0.2, 0) is 4.74 Å². The number of hydrogen-bond donors (Lipinski definition) is 0. The van der Waals surface area contributed by atoms with Crippen LogP contribution in [-0.4, -0.2) is 6.61 Å². The number of rotatable bonds is 1. The molecule has 0 aromatic heterocycles. The third-order valence-electron chi connectivity index (χ3n) is 1.26. The predicted octanol–water partition coefficient (Wildman–Crippen LogP) is 2.17. The van der Waals surface area contributed by atoms with Crippen molar-refractivity contribution in [2.45, 2.75) is 6.92 Å². The average molecular weight is 164 g/mol. The molecule has 0 radical (unpaired) electrons. The predicted molar refractivity (Wildman–Crippen MR) is 44.9 cm³/mol. The van der Waals surface area contributed by atoms with Crippen LogP contribution in [0.5, 0.6) is 0 Å². The van der Waals surface area contributed by atoms with E-state index in [1.54, 1.807) is 12.1 Å². The zero-order chi connectivity index (χ0) is 8.81. The summed E-state index contributed by atoms with van der Waals surface area (Å²) in [6.45, 7) is 2.42. The van der Waals surface area contributed by atoms with Gasteiger partial charge in [0, 0.05) is 5.56 Å². The second kappa shape index (κ2) is 4.40. The minimum atomic E-state index is -0.253. The molecule has 1 aromatic rings. The monoisotopic (exact) mass is 164 g/mol. The lowest BCUT2D eigenvalue weighted by molar-refractivity contribution is 0.299. The summed E-state index contributed by atoms with van der Waals surface area (Å²) in [7, 11) is 0. The molecule has 12 heavy (non-hydrogen) atoms. The number of hydrogen-bond acceptors (Lipinski definition) is 1. The molecule has 0 bridgehead atoms. The number of benzene rings is 1. The maximum atomic E-state index is 12.4. The first-order valence-corrected chi connectivity index (χ1v) is 3.71. The molecule has 0 spiro atoms. The molecule has 0 atom stereocenters. The van der Waals surface area contributed by atoms with Crippen molar-refractivity contribution in [3.05, 3.63) is 35.6 Å². The van der Waals surface area contributed by atoms with Gasteiger partial charge in [-0.05, 0) is 37.1 Å². The second-order valence-electron chi connectivity index (χ2n) is 2.17. The van der Waals surface area contributed by atoms with Crippen molar-refractivity contribution in [2.75, 3.05) is 6.61 Å². The van der Waals surface area contributed by atoms with E-state index in [1.165, 1.54) is 12.1 Å². The molecule has 62 valence electrons. The van der Waals surface area contributed by atoms with Crippen molar-refractivity contribution < 1.29 is 9.13 Å². The van der Waals surface area contributed by atoms with Crippen molar-refractivity contribution in [3.8, 4) is 12.0 Å². The highest BCUT2D eigenvalue weighted by Crippen LogP contribution is 2.00. The lowest BCUT2D eigenvalue weighted by Crippen LogP contribution is -1.79. The van der Waals surface area contributed by atoms with E-state index in [4.69, 9.17) is 4.74 Å². The molecule has 0 aliphatic carbocycles. The molecule has 0 saturated carbocycles. The zero-order valence-corrected chi connectivity index (χ0v) is 6.80. The average Bonchev–Trinajstić information content (AvgIpc) is 2.09. The summed E-state index contributed by atoms with van der Waals surface area (Å²) in [5.41, 5.74) is 0.754. The highest BCUT2D eigenvalue weighted by atomic mass is 19.1. The smallest absolute Gasteiger partial charge is 0.123 e. The van der Waals surface area contributed by atoms with E-state index in [9.17, 15) is 4.39 Å². The molecule has 0 amide bonds. The Morgan fingerprint density at radius 1 is 1.33 bits per heavy atom. The molecular formula is C10H9FO. The number of ether oxygens (including phenoxy) is 1. The molecule has 1 rings (SSSR count). The van der Waals surface area contributed by atoms with Crippen molar-refractivity contribution in [1.29, 1.82) is 0 Å². The Balaban J connectivity index is 2.66. The van der Waals surface area contributed by atoms with E-state index < -0.39 is 0 Å². The van der Waals surface area contributed by atoms with Crippen LogP contribution >= 0.6 is 0 Å². The van der Waals surface area contributed by atoms with Crippen LogP contribution in [0.15, 0.2) is 24.3 Å². The highest BCUT2D eigenvalue weighted by Gasteiger charge is 1.87. The quantitative estimate of drug-likeness (QED) is 0.578. The van der Waals surface area contributed by atoms with Gasteiger partial charge in [0.25, 0.3) is 0 Å². The van der Waals surface area contributed by atoms with Gasteiger partial charge in [0.1, 0.15) is 11.9 Å². The summed E-state index contributed by atoms with van der Waals surface area (Å²) in [6, 6.07) is 5.97. The Bertz CT molecular complexity index is 292. The van der Waals surface area contributed by atoms with Crippen molar-refractivity contribution in [1.82, 2.24) is 0 Å². The maximum absolute atomic E-state index is 12.4. The van der Waals surface area contributed by atoms with Crippen LogP contribution in [0.3, 0.4) is 0 Å². The highest BCUT2D eigenvalue weighted by molar-refractivity contribution is 5.32. The van der Waals surface area contributed by atoms with Gasteiger partial charge in [-0.15, -0.1) is 0 Å². The van der Waals surface area contributed by atoms with E-state index in [0.29, 0.717) is 6.61 Å². The molecule has 0 N–H and O–H groups in total. The lowest BCUT2D eigenvalue weighted by atomic mass is 10.2. The molecule has 1 aromatic carbocycles. The van der Waals surface area contributed by atoms with Crippen LogP contribution < -0.4 is 0 Å². The van der Waals surface area contributed by atoms with E-state index >= 15 is 0 Å². The van der Waals surface area contributed by atoms with Gasteiger partial charge in [-0.1, -0.05) is 0 Å². The molecule has 0 fully saturated rings. The summed E-state index contributed by atoms with van der Waals surface area (Å²) in [5, 5.41) is 0. The molecule has 1 nitrogen and oxygen atoms in total. The van der Waals surface area contributed by atoms with Crippen LogP contribution in [0.1, 0.15) is 12.5 Å². The Labute approximate surface area is 71.2 Å². The zero-order valence-electron chi connectivity index (χ0n) is 6.80. The van der Waals surface area contributed by atoms with Crippen LogP contribution in [0.2, 0.25) is 0 Å². The fraction of sp³-hybridized carbons (Fsp3) is 0.200. The first kappa shape index (κ1) is 8.61. The molecule has 0 aliphatic rings. The lowest BCUT2D eigenvalue weighted by Gasteiger charge is -1.89. The van der Waals surface area contributed by atoms with Crippen molar-refractivity contribution in [3.63, 3.8) is 0 Å². The van der Waals surface area contributed by atoms with Gasteiger partial charge >= 0.3 is 0 Å². The Hall–Kier alpha value is -1.49. The fourth-order valence-corrected chi connectivity index (χ4v) is 0.700. The van der Waals surface area contributed by atoms with E-state index in [-0.39, 0.29) is 5.82 Å². The van der Waals surface area contributed by atoms with Crippen LogP contribution in [0.4, 0.5) is 4.39 Å². The van der Waals surface area contributed by atoms with Crippen molar-refractivity contribution >= 4 is 0 Å². The SMILES string of the molecule is CCOC#Cc1ccc(F)cc1. The summed E-state index contributed by atoms with van der Waals surface area (Å²) < 4.78 is 17.2. The summed E-state index contributed by atoms with van der Waals surface area (Å²) in [4.78, 5) is 0. The van der Waals surface area contributed by atoms with Gasteiger partial charge in [-0.3, -0.25) is 0 Å². The van der Waals surface area contributed by atoms with Crippen LogP contribution in [0.25, 0.3) is 0 Å². The normalized spacial score (nSPS) is 8.50. The summed E-state index contributed by atoms with van der Waals surface area (Å²) in [6.07, 6.45) is 2.50. The molecular weight excluding hydrogens is 155 g/mol. The van der Waals surface area contributed by atoms with Crippen molar-refractivity contribution in [2.24, 2.45) is 0 Å². The van der Waals surface area contributed by atoms with Gasteiger partial charge in [0.2, 0.25) is 0 Å². The second-order valence-corrected chi connectivity index (χ2v) is 2.17. The van der Waals surface area contributed by atoms with Gasteiger partial charge < -0.3 is 4.74 Å². The first-order valence-electron chi connectivity index (χ1n) is 3.71. The van der Waals surface area contributed by atoms with Gasteiger partial charge in [0.05, 0.1) is 6.61 Å².